The number of allylic oxidation sites excluding steroid dienone is 2. The van der Waals surface area contributed by atoms with E-state index in [9.17, 15) is 4.79 Å². The maximum Gasteiger partial charge on any atom is 0.233 e. The highest BCUT2D eigenvalue weighted by Crippen LogP contribution is 2.49. The number of nitrogens with one attached hydrogen (secondary N) is 1. The summed E-state index contributed by atoms with van der Waals surface area (Å²) in [5, 5.41) is 7.57. The minimum atomic E-state index is -0.174. The predicted molar refractivity (Wildman–Crippen MR) is 121 cm³/mol. The minimum absolute atomic E-state index is 0.0396. The van der Waals surface area contributed by atoms with Gasteiger partial charge in [-0.3, -0.25) is 4.79 Å². The van der Waals surface area contributed by atoms with Crippen molar-refractivity contribution in [2.45, 2.75) is 38.5 Å². The Labute approximate surface area is 187 Å². The number of rotatable bonds is 4. The number of aryl methyl sites for hydroxylation is 2. The second-order valence-electron chi connectivity index (χ2n) is 8.51. The zero-order chi connectivity index (χ0) is 22.4. The summed E-state index contributed by atoms with van der Waals surface area (Å²) in [5.74, 6) is 1.99. The fourth-order valence-electron chi connectivity index (χ4n) is 4.91. The lowest BCUT2D eigenvalue weighted by atomic mass is 9.72. The summed E-state index contributed by atoms with van der Waals surface area (Å²) in [7, 11) is 3.24. The second kappa shape index (κ2) is 7.86. The summed E-state index contributed by atoms with van der Waals surface area (Å²) in [5.41, 5.74) is 6.80. The number of anilines is 1. The van der Waals surface area contributed by atoms with E-state index in [-0.39, 0.29) is 17.6 Å². The molecule has 1 aromatic heterocycles. The van der Waals surface area contributed by atoms with Crippen LogP contribution in [0.25, 0.3) is 0 Å². The van der Waals surface area contributed by atoms with E-state index in [2.05, 4.69) is 41.7 Å². The van der Waals surface area contributed by atoms with E-state index in [0.717, 1.165) is 33.7 Å². The van der Waals surface area contributed by atoms with Crippen molar-refractivity contribution >= 4 is 11.7 Å². The monoisotopic (exact) mass is 430 g/mol. The van der Waals surface area contributed by atoms with Crippen LogP contribution in [0.2, 0.25) is 0 Å². The molecule has 5 rings (SSSR count). The van der Waals surface area contributed by atoms with Crippen LogP contribution in [0, 0.1) is 13.8 Å². The number of nitrogens with zero attached hydrogens (tertiary/aromatic N) is 1. The van der Waals surface area contributed by atoms with Crippen LogP contribution in [0.1, 0.15) is 52.6 Å². The fraction of sp³-hybridized carbons (Fsp3) is 0.308. The number of hydrogen-bond donors (Lipinski definition) is 1. The van der Waals surface area contributed by atoms with Gasteiger partial charge in [-0.25, -0.2) is 0 Å². The number of hydrogen-bond acceptors (Lipinski definition) is 6. The number of aromatic nitrogens is 1. The van der Waals surface area contributed by atoms with E-state index < -0.39 is 0 Å². The Kier molecular flexibility index (Phi) is 5.00. The molecule has 32 heavy (non-hydrogen) atoms. The number of fused-ring (bicyclic) bond motifs is 1. The Balaban J connectivity index is 1.57. The van der Waals surface area contributed by atoms with Gasteiger partial charge in [-0.15, -0.1) is 0 Å². The Morgan fingerprint density at radius 1 is 0.969 bits per heavy atom. The Bertz CT molecular complexity index is 1220. The Hall–Kier alpha value is -3.54. The molecule has 0 spiro atoms. The molecule has 0 unspecified atom stereocenters. The molecule has 0 radical (unpaired) electrons. The summed E-state index contributed by atoms with van der Waals surface area (Å²) in [4.78, 5) is 13.6. The van der Waals surface area contributed by atoms with Gasteiger partial charge in [0.15, 0.2) is 17.3 Å². The summed E-state index contributed by atoms with van der Waals surface area (Å²) in [6.45, 7) is 3.99. The van der Waals surface area contributed by atoms with Gasteiger partial charge in [0.05, 0.1) is 25.5 Å². The number of methoxy groups -OCH3 is 2. The van der Waals surface area contributed by atoms with Gasteiger partial charge in [-0.2, -0.15) is 0 Å². The first-order valence-corrected chi connectivity index (χ1v) is 10.8. The van der Waals surface area contributed by atoms with Gasteiger partial charge in [0.1, 0.15) is 0 Å². The standard InChI is InChI=1S/C26H26N2O4/c1-14-5-7-16(8-6-14)24-23-15(2)28-32-26(23)27-19-11-18(12-20(29)25(19)24)17-9-10-21(30-3)22(13-17)31-4/h5-10,13,18,24,27H,11-12H2,1-4H3/t18-,24-/m1/s1. The van der Waals surface area contributed by atoms with E-state index in [0.29, 0.717) is 30.2 Å². The summed E-state index contributed by atoms with van der Waals surface area (Å²) in [6, 6.07) is 14.2. The van der Waals surface area contributed by atoms with E-state index in [1.54, 1.807) is 14.2 Å². The van der Waals surface area contributed by atoms with Crippen molar-refractivity contribution in [1.29, 1.82) is 0 Å². The molecule has 0 fully saturated rings. The number of carbonyl (C=O) groups is 1. The maximum absolute atomic E-state index is 13.6. The molecule has 1 N–H and O–H groups in total. The molecule has 2 heterocycles. The molecule has 164 valence electrons. The van der Waals surface area contributed by atoms with Crippen molar-refractivity contribution in [2.75, 3.05) is 19.5 Å². The SMILES string of the molecule is COc1ccc([C@H]2CC(=O)C3=C(C2)Nc2onc(C)c2[C@H]3c2ccc(C)cc2)cc1OC. The summed E-state index contributed by atoms with van der Waals surface area (Å²) in [6.07, 6.45) is 1.15. The number of benzene rings is 2. The Morgan fingerprint density at radius 2 is 1.69 bits per heavy atom. The Morgan fingerprint density at radius 3 is 2.41 bits per heavy atom. The van der Waals surface area contributed by atoms with Crippen molar-refractivity contribution in [3.8, 4) is 11.5 Å². The van der Waals surface area contributed by atoms with Gasteiger partial charge in [-0.05, 0) is 49.4 Å². The van der Waals surface area contributed by atoms with Crippen LogP contribution in [0.15, 0.2) is 58.3 Å². The fourth-order valence-corrected chi connectivity index (χ4v) is 4.91. The maximum atomic E-state index is 13.6. The van der Waals surface area contributed by atoms with E-state index in [4.69, 9.17) is 14.0 Å². The van der Waals surface area contributed by atoms with Crippen LogP contribution in [-0.2, 0) is 4.79 Å². The lowest BCUT2D eigenvalue weighted by Gasteiger charge is -2.34. The normalized spacial score (nSPS) is 19.8. The molecule has 3 aromatic rings. The third-order valence-corrected chi connectivity index (χ3v) is 6.55. The summed E-state index contributed by atoms with van der Waals surface area (Å²) < 4.78 is 16.5. The number of Topliss-reactive ketones (excluding diaryl/α,β-unsaturated/α-hetero) is 1. The van der Waals surface area contributed by atoms with Gasteiger partial charge >= 0.3 is 0 Å². The number of carbonyl (C=O) groups excluding carboxylic acids is 1. The predicted octanol–water partition coefficient (Wildman–Crippen LogP) is 5.27. The van der Waals surface area contributed by atoms with Gasteiger partial charge in [0.25, 0.3) is 0 Å². The van der Waals surface area contributed by atoms with Gasteiger partial charge < -0.3 is 19.3 Å². The van der Waals surface area contributed by atoms with Crippen LogP contribution in [-0.4, -0.2) is 25.2 Å². The largest absolute Gasteiger partial charge is 0.493 e. The van der Waals surface area contributed by atoms with E-state index >= 15 is 0 Å². The first-order valence-electron chi connectivity index (χ1n) is 10.8. The number of ketones is 1. The van der Waals surface area contributed by atoms with Crippen LogP contribution in [0.5, 0.6) is 11.5 Å². The van der Waals surface area contributed by atoms with Crippen LogP contribution >= 0.6 is 0 Å². The molecule has 0 saturated heterocycles. The molecule has 2 atom stereocenters. The zero-order valence-electron chi connectivity index (χ0n) is 18.7. The lowest BCUT2D eigenvalue weighted by molar-refractivity contribution is -0.116. The van der Waals surface area contributed by atoms with Gasteiger partial charge in [0.2, 0.25) is 5.88 Å². The average molecular weight is 431 g/mol. The van der Waals surface area contributed by atoms with Gasteiger partial charge in [0, 0.05) is 23.6 Å². The van der Waals surface area contributed by atoms with Crippen LogP contribution in [0.3, 0.4) is 0 Å². The van der Waals surface area contributed by atoms with E-state index in [1.165, 1.54) is 5.56 Å². The topological polar surface area (TPSA) is 73.6 Å². The molecular formula is C26H26N2O4. The van der Waals surface area contributed by atoms with Crippen molar-refractivity contribution in [3.63, 3.8) is 0 Å². The van der Waals surface area contributed by atoms with Crippen LogP contribution in [0.4, 0.5) is 5.88 Å². The molecule has 1 aliphatic heterocycles. The molecule has 6 nitrogen and oxygen atoms in total. The molecule has 1 aliphatic carbocycles. The van der Waals surface area contributed by atoms with Crippen molar-refractivity contribution < 1.29 is 18.8 Å². The van der Waals surface area contributed by atoms with Crippen molar-refractivity contribution in [3.05, 3.63) is 81.7 Å². The zero-order valence-corrected chi connectivity index (χ0v) is 18.7. The smallest absolute Gasteiger partial charge is 0.233 e. The quantitative estimate of drug-likeness (QED) is 0.608. The molecule has 6 heteroatoms. The first-order chi connectivity index (χ1) is 15.5. The highest BCUT2D eigenvalue weighted by Gasteiger charge is 2.41. The molecule has 0 amide bonds. The highest BCUT2D eigenvalue weighted by atomic mass is 16.5. The molecule has 2 aromatic carbocycles. The second-order valence-corrected chi connectivity index (χ2v) is 8.51. The lowest BCUT2D eigenvalue weighted by Crippen LogP contribution is -2.29. The highest BCUT2D eigenvalue weighted by molar-refractivity contribution is 6.01. The first kappa shape index (κ1) is 20.4. The summed E-state index contributed by atoms with van der Waals surface area (Å²) >= 11 is 0. The van der Waals surface area contributed by atoms with Crippen molar-refractivity contribution in [2.24, 2.45) is 0 Å². The molecule has 0 bridgehead atoms. The minimum Gasteiger partial charge on any atom is -0.493 e. The molecule has 2 aliphatic rings. The van der Waals surface area contributed by atoms with Crippen LogP contribution < -0.4 is 14.8 Å². The average Bonchev–Trinajstić information content (AvgIpc) is 3.18. The molecular weight excluding hydrogens is 404 g/mol. The molecule has 0 saturated carbocycles. The van der Waals surface area contributed by atoms with Crippen molar-refractivity contribution in [1.82, 2.24) is 5.16 Å². The van der Waals surface area contributed by atoms with Gasteiger partial charge in [-0.1, -0.05) is 41.1 Å². The number of ether oxygens (including phenoxy) is 2. The van der Waals surface area contributed by atoms with E-state index in [1.807, 2.05) is 25.1 Å². The third-order valence-electron chi connectivity index (χ3n) is 6.55. The third kappa shape index (κ3) is 3.27.